The van der Waals surface area contributed by atoms with Gasteiger partial charge < -0.3 is 14.8 Å². The van der Waals surface area contributed by atoms with Crippen LogP contribution in [0.1, 0.15) is 27.8 Å². The van der Waals surface area contributed by atoms with Crippen molar-refractivity contribution in [2.75, 3.05) is 6.61 Å². The molecule has 2 aromatic rings. The van der Waals surface area contributed by atoms with E-state index in [-0.39, 0.29) is 11.6 Å². The van der Waals surface area contributed by atoms with E-state index < -0.39 is 5.97 Å². The molecule has 2 N–H and O–H groups in total. The summed E-state index contributed by atoms with van der Waals surface area (Å²) in [7, 11) is 0. The molecule has 1 aliphatic rings. The maximum absolute atomic E-state index is 10.8. The van der Waals surface area contributed by atoms with E-state index in [9.17, 15) is 4.79 Å². The van der Waals surface area contributed by atoms with Crippen molar-refractivity contribution in [3.63, 3.8) is 0 Å². The quantitative estimate of drug-likeness (QED) is 0.845. The number of H-pyrrole nitrogens is 1. The van der Waals surface area contributed by atoms with Gasteiger partial charge in [0.25, 0.3) is 0 Å². The molecule has 18 heavy (non-hydrogen) atoms. The number of rotatable bonds is 2. The Hall–Kier alpha value is -2.30. The molecule has 1 aliphatic heterocycles. The van der Waals surface area contributed by atoms with Gasteiger partial charge in [-0.15, -0.1) is 0 Å². The van der Waals surface area contributed by atoms with Crippen molar-refractivity contribution >= 4 is 5.97 Å². The number of hydrogen-bond donors (Lipinski definition) is 2. The maximum atomic E-state index is 10.8. The number of aromatic carboxylic acids is 1. The first-order valence-electron chi connectivity index (χ1n) is 5.73. The average Bonchev–Trinajstić information content (AvgIpc) is 2.88. The molecule has 0 bridgehead atoms. The third-order valence-corrected chi connectivity index (χ3v) is 3.09. The Morgan fingerprint density at radius 1 is 1.44 bits per heavy atom. The zero-order valence-corrected chi connectivity index (χ0v) is 9.59. The lowest BCUT2D eigenvalue weighted by Crippen LogP contribution is -2.20. The van der Waals surface area contributed by atoms with Crippen LogP contribution in [0.3, 0.4) is 0 Å². The van der Waals surface area contributed by atoms with Gasteiger partial charge in [0.1, 0.15) is 17.3 Å². The van der Waals surface area contributed by atoms with E-state index in [0.29, 0.717) is 12.4 Å². The fraction of sp³-hybridized carbons (Fsp3) is 0.231. The molecular formula is C13H12N2O3. The highest BCUT2D eigenvalue weighted by molar-refractivity contribution is 5.85. The summed E-state index contributed by atoms with van der Waals surface area (Å²) in [6.45, 7) is 0.517. The van der Waals surface area contributed by atoms with E-state index in [1.807, 2.05) is 24.3 Å². The van der Waals surface area contributed by atoms with Crippen LogP contribution in [0.25, 0.3) is 0 Å². The van der Waals surface area contributed by atoms with Gasteiger partial charge in [-0.25, -0.2) is 9.78 Å². The van der Waals surface area contributed by atoms with Crippen molar-refractivity contribution in [3.05, 3.63) is 47.5 Å². The van der Waals surface area contributed by atoms with Crippen molar-refractivity contribution in [2.24, 2.45) is 0 Å². The lowest BCUT2D eigenvalue weighted by atomic mass is 9.96. The van der Waals surface area contributed by atoms with Crippen LogP contribution in [0.4, 0.5) is 0 Å². The van der Waals surface area contributed by atoms with Gasteiger partial charge >= 0.3 is 5.97 Å². The Morgan fingerprint density at radius 3 is 3.06 bits per heavy atom. The number of para-hydroxylation sites is 1. The van der Waals surface area contributed by atoms with Gasteiger partial charge in [-0.1, -0.05) is 18.2 Å². The molecule has 1 atom stereocenters. The molecule has 0 spiro atoms. The Kier molecular flexibility index (Phi) is 2.51. The number of aromatic amines is 1. The predicted octanol–water partition coefficient (Wildman–Crippen LogP) is 1.83. The molecule has 2 heterocycles. The van der Waals surface area contributed by atoms with Crippen molar-refractivity contribution in [1.82, 2.24) is 9.97 Å². The van der Waals surface area contributed by atoms with Crippen molar-refractivity contribution in [1.29, 1.82) is 0 Å². The van der Waals surface area contributed by atoms with Crippen molar-refractivity contribution in [2.45, 2.75) is 12.3 Å². The van der Waals surface area contributed by atoms with Crippen LogP contribution in [-0.4, -0.2) is 27.7 Å². The van der Waals surface area contributed by atoms with Gasteiger partial charge in [-0.3, -0.25) is 0 Å². The third-order valence-electron chi connectivity index (χ3n) is 3.09. The molecule has 5 heteroatoms. The number of nitrogens with zero attached hydrogens (tertiary/aromatic N) is 1. The van der Waals surface area contributed by atoms with Gasteiger partial charge in [-0.2, -0.15) is 0 Å². The van der Waals surface area contributed by atoms with Gasteiger partial charge in [0.15, 0.2) is 0 Å². The normalized spacial score (nSPS) is 17.9. The minimum absolute atomic E-state index is 0.0769. The van der Waals surface area contributed by atoms with E-state index in [4.69, 9.17) is 9.84 Å². The van der Waals surface area contributed by atoms with Crippen LogP contribution in [0.5, 0.6) is 5.75 Å². The van der Waals surface area contributed by atoms with E-state index >= 15 is 0 Å². The summed E-state index contributed by atoms with van der Waals surface area (Å²) in [5, 5.41) is 8.85. The number of hydrogen-bond acceptors (Lipinski definition) is 3. The monoisotopic (exact) mass is 244 g/mol. The Morgan fingerprint density at radius 2 is 2.28 bits per heavy atom. The summed E-state index contributed by atoms with van der Waals surface area (Å²) < 4.78 is 5.65. The molecular weight excluding hydrogens is 232 g/mol. The van der Waals surface area contributed by atoms with Gasteiger partial charge in [0, 0.05) is 0 Å². The minimum Gasteiger partial charge on any atom is -0.493 e. The second-order valence-electron chi connectivity index (χ2n) is 4.31. The molecule has 0 radical (unpaired) electrons. The number of ether oxygens (including phenoxy) is 1. The smallest absolute Gasteiger partial charge is 0.353 e. The minimum atomic E-state index is -0.995. The summed E-state index contributed by atoms with van der Waals surface area (Å²) in [4.78, 5) is 17.7. The van der Waals surface area contributed by atoms with Gasteiger partial charge in [0.05, 0.1) is 18.7 Å². The van der Waals surface area contributed by atoms with Crippen molar-refractivity contribution in [3.8, 4) is 5.75 Å². The standard InChI is InChI=1S/C13H12N2O3/c16-13(17)10-6-14-12(15-10)9-5-8-3-1-2-4-11(8)18-7-9/h1-4,6,9H,5,7H2,(H,14,15)(H,16,17). The lowest BCUT2D eigenvalue weighted by molar-refractivity contribution is 0.0691. The van der Waals surface area contributed by atoms with Crippen LogP contribution in [0.2, 0.25) is 0 Å². The molecule has 0 amide bonds. The summed E-state index contributed by atoms with van der Waals surface area (Å²) in [6.07, 6.45) is 2.15. The van der Waals surface area contributed by atoms with Crippen LogP contribution < -0.4 is 4.74 Å². The number of aromatic nitrogens is 2. The maximum Gasteiger partial charge on any atom is 0.353 e. The fourth-order valence-electron chi connectivity index (χ4n) is 2.16. The zero-order valence-electron chi connectivity index (χ0n) is 9.59. The average molecular weight is 244 g/mol. The largest absolute Gasteiger partial charge is 0.493 e. The number of imidazole rings is 1. The van der Waals surface area contributed by atoms with E-state index in [2.05, 4.69) is 9.97 Å². The second-order valence-corrected chi connectivity index (χ2v) is 4.31. The fourth-order valence-corrected chi connectivity index (χ4v) is 2.16. The SMILES string of the molecule is O=C(O)c1cnc(C2COc3ccccc3C2)[nH]1. The van der Waals surface area contributed by atoms with Gasteiger partial charge in [0.2, 0.25) is 0 Å². The molecule has 0 saturated heterocycles. The summed E-state index contributed by atoms with van der Waals surface area (Å²) >= 11 is 0. The number of benzene rings is 1. The summed E-state index contributed by atoms with van der Waals surface area (Å²) in [5.41, 5.74) is 1.24. The number of carbonyl (C=O) groups is 1. The highest BCUT2D eigenvalue weighted by atomic mass is 16.5. The molecule has 5 nitrogen and oxygen atoms in total. The number of carboxylic acids is 1. The number of carboxylic acid groups (broad SMARTS) is 1. The Balaban J connectivity index is 1.85. The first-order chi connectivity index (χ1) is 8.74. The van der Waals surface area contributed by atoms with Crippen LogP contribution in [0.15, 0.2) is 30.5 Å². The molecule has 0 saturated carbocycles. The summed E-state index contributed by atoms with van der Waals surface area (Å²) in [5.74, 6) is 0.652. The van der Waals surface area contributed by atoms with Gasteiger partial charge in [-0.05, 0) is 18.1 Å². The van der Waals surface area contributed by atoms with Crippen LogP contribution >= 0.6 is 0 Å². The first-order valence-corrected chi connectivity index (χ1v) is 5.73. The highest BCUT2D eigenvalue weighted by Gasteiger charge is 2.24. The number of fused-ring (bicyclic) bond motifs is 1. The van der Waals surface area contributed by atoms with E-state index in [0.717, 1.165) is 17.7 Å². The molecule has 1 aromatic carbocycles. The molecule has 0 aliphatic carbocycles. The van der Waals surface area contributed by atoms with E-state index in [1.165, 1.54) is 6.20 Å². The second kappa shape index (κ2) is 4.18. The number of nitrogens with one attached hydrogen (secondary N) is 1. The zero-order chi connectivity index (χ0) is 12.5. The van der Waals surface area contributed by atoms with Crippen LogP contribution in [0, 0.1) is 0 Å². The summed E-state index contributed by atoms with van der Waals surface area (Å²) in [6, 6.07) is 7.86. The Bertz CT molecular complexity index is 591. The molecule has 0 fully saturated rings. The molecule has 1 unspecified atom stereocenters. The predicted molar refractivity (Wildman–Crippen MR) is 63.9 cm³/mol. The van der Waals surface area contributed by atoms with Crippen LogP contribution in [-0.2, 0) is 6.42 Å². The molecule has 3 rings (SSSR count). The molecule has 1 aromatic heterocycles. The topological polar surface area (TPSA) is 75.2 Å². The Labute approximate surface area is 103 Å². The van der Waals surface area contributed by atoms with E-state index in [1.54, 1.807) is 0 Å². The third kappa shape index (κ3) is 1.84. The lowest BCUT2D eigenvalue weighted by Gasteiger charge is -2.23. The molecule has 92 valence electrons. The first kappa shape index (κ1) is 10.8. The highest BCUT2D eigenvalue weighted by Crippen LogP contribution is 2.30. The van der Waals surface area contributed by atoms with Crippen molar-refractivity contribution < 1.29 is 14.6 Å².